The Morgan fingerprint density at radius 2 is 1.85 bits per heavy atom. The first-order chi connectivity index (χ1) is 9.53. The second kappa shape index (κ2) is 5.07. The van der Waals surface area contributed by atoms with Crippen LogP contribution in [0.4, 0.5) is 0 Å². The van der Waals surface area contributed by atoms with E-state index in [1.165, 1.54) is 48.8 Å². The normalized spacial score (nSPS) is 30.3. The molecule has 2 saturated carbocycles. The van der Waals surface area contributed by atoms with Gasteiger partial charge in [-0.05, 0) is 74.1 Å². The number of nitrogens with two attached hydrogens (primary N) is 1. The van der Waals surface area contributed by atoms with Crippen LogP contribution in [0, 0.1) is 25.7 Å². The lowest BCUT2D eigenvalue weighted by Crippen LogP contribution is -2.42. The highest BCUT2D eigenvalue weighted by molar-refractivity contribution is 5.44. The zero-order valence-corrected chi connectivity index (χ0v) is 13.0. The molecule has 2 unspecified atom stereocenters. The molecule has 2 N–H and O–H groups in total. The summed E-state index contributed by atoms with van der Waals surface area (Å²) in [5.74, 6) is 2.80. The van der Waals surface area contributed by atoms with Crippen LogP contribution >= 0.6 is 0 Å². The van der Waals surface area contributed by atoms with Crippen molar-refractivity contribution in [3.63, 3.8) is 0 Å². The van der Waals surface area contributed by atoms with Crippen LogP contribution in [0.3, 0.4) is 0 Å². The van der Waals surface area contributed by atoms with Gasteiger partial charge in [0.05, 0.1) is 7.11 Å². The first-order valence-corrected chi connectivity index (χ1v) is 7.98. The van der Waals surface area contributed by atoms with Gasteiger partial charge in [-0.25, -0.2) is 0 Å². The highest BCUT2D eigenvalue weighted by Crippen LogP contribution is 2.49. The lowest BCUT2D eigenvalue weighted by atomic mass is 9.70. The van der Waals surface area contributed by atoms with Crippen LogP contribution < -0.4 is 10.5 Å². The summed E-state index contributed by atoms with van der Waals surface area (Å²) >= 11 is 0. The van der Waals surface area contributed by atoms with Gasteiger partial charge in [0.15, 0.2) is 0 Å². The minimum Gasteiger partial charge on any atom is -0.496 e. The summed E-state index contributed by atoms with van der Waals surface area (Å²) in [7, 11) is 1.74. The number of methoxy groups -OCH3 is 1. The minimum absolute atomic E-state index is 0.118. The van der Waals surface area contributed by atoms with Gasteiger partial charge < -0.3 is 10.5 Å². The first-order valence-electron chi connectivity index (χ1n) is 7.98. The first kappa shape index (κ1) is 13.9. The number of ether oxygens (including phenoxy) is 1. The molecule has 0 amide bonds. The Hall–Kier alpha value is -1.02. The monoisotopic (exact) mass is 273 g/mol. The van der Waals surface area contributed by atoms with E-state index in [0.29, 0.717) is 0 Å². The Morgan fingerprint density at radius 3 is 2.50 bits per heavy atom. The number of benzene rings is 1. The summed E-state index contributed by atoms with van der Waals surface area (Å²) < 4.78 is 5.43. The molecule has 0 saturated heterocycles. The van der Waals surface area contributed by atoms with Gasteiger partial charge in [0.2, 0.25) is 0 Å². The average molecular weight is 273 g/mol. The van der Waals surface area contributed by atoms with E-state index in [2.05, 4.69) is 26.0 Å². The maximum Gasteiger partial charge on any atom is 0.122 e. The molecule has 1 aromatic carbocycles. The molecule has 2 aliphatic rings. The molecule has 2 atom stereocenters. The van der Waals surface area contributed by atoms with Crippen molar-refractivity contribution >= 4 is 0 Å². The number of hydrogen-bond acceptors (Lipinski definition) is 2. The molecule has 0 aliphatic heterocycles. The van der Waals surface area contributed by atoms with Crippen LogP contribution in [0.5, 0.6) is 5.75 Å². The van der Waals surface area contributed by atoms with Gasteiger partial charge in [-0.1, -0.05) is 18.9 Å². The molecule has 0 heterocycles. The average Bonchev–Trinajstić information content (AvgIpc) is 3.25. The molecular formula is C18H27NO. The largest absolute Gasteiger partial charge is 0.496 e. The Morgan fingerprint density at radius 1 is 1.10 bits per heavy atom. The van der Waals surface area contributed by atoms with E-state index < -0.39 is 0 Å². The quantitative estimate of drug-likeness (QED) is 0.901. The van der Waals surface area contributed by atoms with Gasteiger partial charge >= 0.3 is 0 Å². The van der Waals surface area contributed by atoms with Crippen LogP contribution in [0.2, 0.25) is 0 Å². The third-order valence-corrected chi connectivity index (χ3v) is 5.39. The molecule has 0 aromatic heterocycles. The van der Waals surface area contributed by atoms with Crippen molar-refractivity contribution in [2.24, 2.45) is 17.6 Å². The molecule has 0 bridgehead atoms. The zero-order valence-electron chi connectivity index (χ0n) is 13.0. The van der Waals surface area contributed by atoms with Crippen LogP contribution in [0.1, 0.15) is 55.2 Å². The number of rotatable bonds is 3. The molecule has 2 aliphatic carbocycles. The van der Waals surface area contributed by atoms with Gasteiger partial charge in [0, 0.05) is 5.54 Å². The fourth-order valence-electron chi connectivity index (χ4n) is 4.11. The third kappa shape index (κ3) is 2.46. The number of hydrogen-bond donors (Lipinski definition) is 1. The SMILES string of the molecule is COc1cc(C)c(C2(N)CCCC(C3CC3)C2)cc1C. The Balaban J connectivity index is 1.91. The molecule has 20 heavy (non-hydrogen) atoms. The second-order valence-electron chi connectivity index (χ2n) is 6.99. The standard InChI is InChI=1S/C18H27NO/c1-12-10-17(20-3)13(2)9-16(12)18(19)8-4-5-15(11-18)14-6-7-14/h9-10,14-15H,4-8,11,19H2,1-3H3. The van der Waals surface area contributed by atoms with E-state index in [9.17, 15) is 0 Å². The molecule has 1 aromatic rings. The predicted octanol–water partition coefficient (Wildman–Crippen LogP) is 4.07. The highest BCUT2D eigenvalue weighted by Gasteiger charge is 2.41. The van der Waals surface area contributed by atoms with E-state index in [1.54, 1.807) is 7.11 Å². The van der Waals surface area contributed by atoms with Gasteiger partial charge in [-0.15, -0.1) is 0 Å². The summed E-state index contributed by atoms with van der Waals surface area (Å²) in [5.41, 5.74) is 10.6. The van der Waals surface area contributed by atoms with E-state index in [1.807, 2.05) is 0 Å². The van der Waals surface area contributed by atoms with E-state index in [4.69, 9.17) is 10.5 Å². The fourth-order valence-corrected chi connectivity index (χ4v) is 4.11. The topological polar surface area (TPSA) is 35.2 Å². The Labute approximate surface area is 122 Å². The number of aryl methyl sites for hydroxylation is 2. The molecule has 2 nitrogen and oxygen atoms in total. The van der Waals surface area contributed by atoms with Gasteiger partial charge in [0.1, 0.15) is 5.75 Å². The van der Waals surface area contributed by atoms with Gasteiger partial charge in [-0.3, -0.25) is 0 Å². The zero-order chi connectivity index (χ0) is 14.3. The molecule has 3 rings (SSSR count). The molecule has 2 fully saturated rings. The van der Waals surface area contributed by atoms with Gasteiger partial charge in [0.25, 0.3) is 0 Å². The molecule has 0 radical (unpaired) electrons. The van der Waals surface area contributed by atoms with Crippen molar-refractivity contribution in [1.29, 1.82) is 0 Å². The molecule has 110 valence electrons. The third-order valence-electron chi connectivity index (χ3n) is 5.39. The lowest BCUT2D eigenvalue weighted by Gasteiger charge is -2.40. The molecule has 0 spiro atoms. The van der Waals surface area contributed by atoms with Crippen molar-refractivity contribution in [3.05, 3.63) is 28.8 Å². The van der Waals surface area contributed by atoms with E-state index in [0.717, 1.165) is 24.0 Å². The summed E-state index contributed by atoms with van der Waals surface area (Å²) in [6.07, 6.45) is 7.83. The summed E-state index contributed by atoms with van der Waals surface area (Å²) in [6.45, 7) is 4.29. The Kier molecular flexibility index (Phi) is 3.53. The van der Waals surface area contributed by atoms with Crippen LogP contribution in [-0.4, -0.2) is 7.11 Å². The summed E-state index contributed by atoms with van der Waals surface area (Å²) in [5, 5.41) is 0. The smallest absolute Gasteiger partial charge is 0.122 e. The fraction of sp³-hybridized carbons (Fsp3) is 0.667. The maximum atomic E-state index is 6.86. The minimum atomic E-state index is -0.118. The summed E-state index contributed by atoms with van der Waals surface area (Å²) in [6, 6.07) is 4.42. The highest BCUT2D eigenvalue weighted by atomic mass is 16.5. The van der Waals surface area contributed by atoms with Crippen LogP contribution in [-0.2, 0) is 5.54 Å². The van der Waals surface area contributed by atoms with Gasteiger partial charge in [-0.2, -0.15) is 0 Å². The van der Waals surface area contributed by atoms with Crippen LogP contribution in [0.15, 0.2) is 12.1 Å². The molecule has 2 heteroatoms. The van der Waals surface area contributed by atoms with Crippen molar-refractivity contribution in [2.45, 2.75) is 57.9 Å². The van der Waals surface area contributed by atoms with Crippen molar-refractivity contribution < 1.29 is 4.74 Å². The molecular weight excluding hydrogens is 246 g/mol. The predicted molar refractivity (Wildman–Crippen MR) is 83.0 cm³/mol. The van der Waals surface area contributed by atoms with Crippen molar-refractivity contribution in [1.82, 2.24) is 0 Å². The van der Waals surface area contributed by atoms with E-state index in [-0.39, 0.29) is 5.54 Å². The van der Waals surface area contributed by atoms with Crippen LogP contribution in [0.25, 0.3) is 0 Å². The van der Waals surface area contributed by atoms with Crippen molar-refractivity contribution in [2.75, 3.05) is 7.11 Å². The lowest BCUT2D eigenvalue weighted by molar-refractivity contribution is 0.206. The maximum absolute atomic E-state index is 6.86. The summed E-state index contributed by atoms with van der Waals surface area (Å²) in [4.78, 5) is 0. The Bertz CT molecular complexity index is 506. The van der Waals surface area contributed by atoms with Crippen molar-refractivity contribution in [3.8, 4) is 5.75 Å². The second-order valence-corrected chi connectivity index (χ2v) is 6.99. The van der Waals surface area contributed by atoms with E-state index >= 15 is 0 Å².